The molecule has 0 aromatic rings. The van der Waals surface area contributed by atoms with Gasteiger partial charge in [-0.05, 0) is 17.5 Å². The van der Waals surface area contributed by atoms with Gasteiger partial charge < -0.3 is 0 Å². The molecule has 0 aromatic carbocycles. The minimum Gasteiger partial charge on any atom is -0.264 e. The van der Waals surface area contributed by atoms with Gasteiger partial charge in [0.2, 0.25) is 0 Å². The van der Waals surface area contributed by atoms with Crippen LogP contribution >= 0.6 is 0 Å². The Morgan fingerprint density at radius 3 is 1.88 bits per heavy atom. The van der Waals surface area contributed by atoms with E-state index in [2.05, 4.69) is 28.4 Å². The molecule has 90 valence electrons. The lowest BCUT2D eigenvalue weighted by molar-refractivity contribution is 0.262. The Morgan fingerprint density at radius 2 is 1.62 bits per heavy atom. The first-order valence-electron chi connectivity index (χ1n) is 5.25. The third kappa shape index (κ3) is 4.74. The van der Waals surface area contributed by atoms with Crippen LogP contribution < -0.4 is 0 Å². The Morgan fingerprint density at radius 1 is 1.12 bits per heavy atom. The summed E-state index contributed by atoms with van der Waals surface area (Å²) < 4.78 is 32.0. The molecule has 5 heteroatoms. The molecule has 2 rings (SSSR count). The molecule has 0 saturated heterocycles. The summed E-state index contributed by atoms with van der Waals surface area (Å²) in [6.07, 6.45) is 2.57. The molecule has 0 amide bonds. The number of benzene rings is 1. The van der Waals surface area contributed by atoms with Gasteiger partial charge in [-0.1, -0.05) is 44.0 Å². The van der Waals surface area contributed by atoms with Crippen molar-refractivity contribution in [3.8, 4) is 11.1 Å². The standard InChI is InChI=1S/C6H4.C5H12O4S/c1-2-6-4-3-5(1)6;1-2-3-4-5-9-10(6,7)8/h1-4H;2-5H2,1H3,(H,6,7,8). The number of rotatable bonds is 5. The molecule has 0 spiro atoms. The van der Waals surface area contributed by atoms with Crippen LogP contribution in [-0.2, 0) is 14.6 Å². The van der Waals surface area contributed by atoms with Gasteiger partial charge in [-0.2, -0.15) is 8.42 Å². The zero-order valence-electron chi connectivity index (χ0n) is 9.22. The molecule has 2 aliphatic carbocycles. The van der Waals surface area contributed by atoms with Crippen LogP contribution in [0.15, 0.2) is 24.3 Å². The first-order valence-corrected chi connectivity index (χ1v) is 6.61. The summed E-state index contributed by atoms with van der Waals surface area (Å²) in [5, 5.41) is 0. The third-order valence-electron chi connectivity index (χ3n) is 2.20. The molecule has 0 aromatic heterocycles. The van der Waals surface area contributed by atoms with Crippen LogP contribution in [0.2, 0.25) is 0 Å². The maximum atomic E-state index is 9.93. The van der Waals surface area contributed by atoms with E-state index in [4.69, 9.17) is 4.55 Å². The lowest BCUT2D eigenvalue weighted by Gasteiger charge is -2.10. The van der Waals surface area contributed by atoms with Crippen LogP contribution in [0.25, 0.3) is 11.1 Å². The van der Waals surface area contributed by atoms with Gasteiger partial charge in [-0.3, -0.25) is 4.55 Å². The summed E-state index contributed by atoms with van der Waals surface area (Å²) in [6.45, 7) is 2.07. The molecule has 4 nitrogen and oxygen atoms in total. The second-order valence-corrected chi connectivity index (χ2v) is 4.63. The lowest BCUT2D eigenvalue weighted by Crippen LogP contribution is -2.04. The monoisotopic (exact) mass is 244 g/mol. The predicted octanol–water partition coefficient (Wildman–Crippen LogP) is 2.66. The van der Waals surface area contributed by atoms with E-state index < -0.39 is 10.4 Å². The largest absolute Gasteiger partial charge is 0.397 e. The molecule has 1 N–H and O–H groups in total. The van der Waals surface area contributed by atoms with E-state index in [9.17, 15) is 8.42 Å². The summed E-state index contributed by atoms with van der Waals surface area (Å²) in [4.78, 5) is 0. The number of fused-ring (bicyclic) bond motifs is 1. The zero-order chi connectivity index (χ0) is 12.0. The van der Waals surface area contributed by atoms with Gasteiger partial charge in [-0.25, -0.2) is 4.18 Å². The molecule has 0 aliphatic heterocycles. The Kier molecular flexibility index (Phi) is 4.92. The van der Waals surface area contributed by atoms with E-state index in [1.807, 2.05) is 6.92 Å². The molecular formula is C11H16O4S. The van der Waals surface area contributed by atoms with E-state index in [1.165, 1.54) is 11.1 Å². The molecule has 0 fully saturated rings. The summed E-state index contributed by atoms with van der Waals surface area (Å²) in [5.74, 6) is 0. The van der Waals surface area contributed by atoms with E-state index >= 15 is 0 Å². The van der Waals surface area contributed by atoms with Gasteiger partial charge in [-0.15, -0.1) is 0 Å². The van der Waals surface area contributed by atoms with Crippen LogP contribution in [0.3, 0.4) is 0 Å². The fourth-order valence-electron chi connectivity index (χ4n) is 1.18. The molecule has 0 radical (unpaired) electrons. The second kappa shape index (κ2) is 5.98. The van der Waals surface area contributed by atoms with Gasteiger partial charge >= 0.3 is 10.4 Å². The molecule has 0 saturated carbocycles. The second-order valence-electron chi connectivity index (χ2n) is 3.53. The van der Waals surface area contributed by atoms with Crippen LogP contribution in [0.1, 0.15) is 26.2 Å². The zero-order valence-corrected chi connectivity index (χ0v) is 10.0. The quantitative estimate of drug-likeness (QED) is 0.648. The molecule has 2 aliphatic rings. The summed E-state index contributed by atoms with van der Waals surface area (Å²) in [7, 11) is -4.20. The lowest BCUT2D eigenvalue weighted by atomic mass is 9.95. The van der Waals surface area contributed by atoms with Crippen molar-refractivity contribution in [1.29, 1.82) is 0 Å². The molecule has 0 heterocycles. The van der Waals surface area contributed by atoms with Crippen LogP contribution in [0.5, 0.6) is 0 Å². The fourth-order valence-corrected chi connectivity index (χ4v) is 1.51. The molecule has 0 unspecified atom stereocenters. The topological polar surface area (TPSA) is 63.6 Å². The van der Waals surface area contributed by atoms with Crippen LogP contribution in [0.4, 0.5) is 0 Å². The highest BCUT2D eigenvalue weighted by atomic mass is 32.3. The fraction of sp³-hybridized carbons (Fsp3) is 0.455. The van der Waals surface area contributed by atoms with Gasteiger partial charge in [0.15, 0.2) is 0 Å². The first kappa shape index (κ1) is 13.2. The summed E-state index contributed by atoms with van der Waals surface area (Å²) >= 11 is 0. The highest BCUT2D eigenvalue weighted by molar-refractivity contribution is 7.80. The van der Waals surface area contributed by atoms with E-state index in [-0.39, 0.29) is 6.61 Å². The summed E-state index contributed by atoms with van der Waals surface area (Å²) in [6, 6.07) is 8.48. The summed E-state index contributed by atoms with van der Waals surface area (Å²) in [5.41, 5.74) is 2.85. The highest BCUT2D eigenvalue weighted by Crippen LogP contribution is 2.29. The van der Waals surface area contributed by atoms with Crippen molar-refractivity contribution in [2.75, 3.05) is 6.61 Å². The van der Waals surface area contributed by atoms with Gasteiger partial charge in [0.05, 0.1) is 6.61 Å². The number of unbranched alkanes of at least 4 members (excludes halogenated alkanes) is 2. The van der Waals surface area contributed by atoms with E-state index in [0.717, 1.165) is 12.8 Å². The van der Waals surface area contributed by atoms with Crippen molar-refractivity contribution in [3.05, 3.63) is 24.3 Å². The van der Waals surface area contributed by atoms with Gasteiger partial charge in [0.1, 0.15) is 0 Å². The Hall–Kier alpha value is -0.910. The van der Waals surface area contributed by atoms with Crippen molar-refractivity contribution in [3.63, 3.8) is 0 Å². The minimum absolute atomic E-state index is 0.0761. The molecular weight excluding hydrogens is 228 g/mol. The Balaban J connectivity index is 0.000000176. The maximum absolute atomic E-state index is 9.93. The predicted molar refractivity (Wildman–Crippen MR) is 62.5 cm³/mol. The van der Waals surface area contributed by atoms with Crippen LogP contribution in [-0.4, -0.2) is 19.6 Å². The SMILES string of the molecule is CCCCCOS(=O)(=O)O.c1cc2ccc1-2. The molecule has 0 bridgehead atoms. The number of hydrogen-bond acceptors (Lipinski definition) is 3. The maximum Gasteiger partial charge on any atom is 0.397 e. The Bertz CT molecular complexity index is 387. The van der Waals surface area contributed by atoms with Crippen molar-refractivity contribution in [2.24, 2.45) is 0 Å². The van der Waals surface area contributed by atoms with E-state index in [0.29, 0.717) is 6.42 Å². The average Bonchev–Trinajstić information content (AvgIpc) is 2.18. The third-order valence-corrected chi connectivity index (χ3v) is 2.66. The van der Waals surface area contributed by atoms with Crippen molar-refractivity contribution < 1.29 is 17.2 Å². The molecule has 0 atom stereocenters. The van der Waals surface area contributed by atoms with Gasteiger partial charge in [0.25, 0.3) is 0 Å². The van der Waals surface area contributed by atoms with Gasteiger partial charge in [0, 0.05) is 0 Å². The normalized spacial score (nSPS) is 11.6. The minimum atomic E-state index is -4.20. The van der Waals surface area contributed by atoms with Crippen molar-refractivity contribution >= 4 is 10.4 Å². The Labute approximate surface area is 96.2 Å². The highest BCUT2D eigenvalue weighted by Gasteiger charge is 2.04. The smallest absolute Gasteiger partial charge is 0.264 e. The molecule has 16 heavy (non-hydrogen) atoms. The van der Waals surface area contributed by atoms with Crippen molar-refractivity contribution in [1.82, 2.24) is 0 Å². The van der Waals surface area contributed by atoms with Crippen molar-refractivity contribution in [2.45, 2.75) is 26.2 Å². The van der Waals surface area contributed by atoms with E-state index in [1.54, 1.807) is 0 Å². The number of hydrogen-bond donors (Lipinski definition) is 1. The van der Waals surface area contributed by atoms with Crippen LogP contribution in [0, 0.1) is 0 Å². The average molecular weight is 244 g/mol. The first-order chi connectivity index (χ1) is 7.53.